The van der Waals surface area contributed by atoms with E-state index in [9.17, 15) is 0 Å². The van der Waals surface area contributed by atoms with E-state index in [0.29, 0.717) is 6.61 Å². The molecule has 0 aliphatic heterocycles. The quantitative estimate of drug-likeness (QED) is 0.409. The van der Waals surface area contributed by atoms with Gasteiger partial charge in [-0.05, 0) is 24.5 Å². The normalized spacial score (nSPS) is 10.3. The van der Waals surface area contributed by atoms with Gasteiger partial charge in [0.15, 0.2) is 0 Å². The van der Waals surface area contributed by atoms with Crippen molar-refractivity contribution in [3.05, 3.63) is 42.5 Å². The highest BCUT2D eigenvalue weighted by molar-refractivity contribution is 5.33. The molecule has 0 unspecified atom stereocenters. The Balaban J connectivity index is 2.29. The van der Waals surface area contributed by atoms with Crippen LogP contribution >= 0.6 is 0 Å². The van der Waals surface area contributed by atoms with Crippen LogP contribution in [0.15, 0.2) is 36.9 Å². The molecule has 1 nitrogen and oxygen atoms in total. The Morgan fingerprint density at radius 2 is 1.78 bits per heavy atom. The minimum absolute atomic E-state index is 0.591. The Kier molecular flexibility index (Phi) is 8.03. The summed E-state index contributed by atoms with van der Waals surface area (Å²) in [5.74, 6) is 1.02. The fourth-order valence-corrected chi connectivity index (χ4v) is 2.10. The molecule has 1 rings (SSSR count). The van der Waals surface area contributed by atoms with Gasteiger partial charge in [-0.25, -0.2) is 0 Å². The van der Waals surface area contributed by atoms with E-state index >= 15 is 0 Å². The van der Waals surface area contributed by atoms with Crippen LogP contribution in [0.5, 0.6) is 5.75 Å². The summed E-state index contributed by atoms with van der Waals surface area (Å²) < 4.78 is 5.66. The van der Waals surface area contributed by atoms with Crippen LogP contribution in [0.4, 0.5) is 0 Å². The highest BCUT2D eigenvalue weighted by Gasteiger charge is 2.01. The summed E-state index contributed by atoms with van der Waals surface area (Å²) in [4.78, 5) is 0. The molecule has 0 N–H and O–H groups in total. The van der Waals surface area contributed by atoms with Gasteiger partial charge in [0.25, 0.3) is 0 Å². The second-order valence-corrected chi connectivity index (χ2v) is 4.73. The fourth-order valence-electron chi connectivity index (χ4n) is 2.10. The van der Waals surface area contributed by atoms with Crippen LogP contribution in [0.2, 0.25) is 0 Å². The summed E-state index contributed by atoms with van der Waals surface area (Å²) in [6.07, 6.45) is 10.9. The smallest absolute Gasteiger partial charge is 0.122 e. The lowest BCUT2D eigenvalue weighted by atomic mass is 10.0. The average molecular weight is 246 g/mol. The molecule has 0 radical (unpaired) electrons. The molecular weight excluding hydrogens is 220 g/mol. The van der Waals surface area contributed by atoms with Gasteiger partial charge in [-0.2, -0.15) is 0 Å². The van der Waals surface area contributed by atoms with Crippen LogP contribution in [-0.4, -0.2) is 6.61 Å². The Bertz CT molecular complexity index is 330. The molecule has 100 valence electrons. The second kappa shape index (κ2) is 9.76. The van der Waals surface area contributed by atoms with Crippen molar-refractivity contribution in [3.8, 4) is 5.75 Å². The van der Waals surface area contributed by atoms with Crippen LogP contribution in [0.25, 0.3) is 0 Å². The Hall–Kier alpha value is -1.24. The van der Waals surface area contributed by atoms with Crippen molar-refractivity contribution in [1.29, 1.82) is 0 Å². The second-order valence-electron chi connectivity index (χ2n) is 4.73. The van der Waals surface area contributed by atoms with Gasteiger partial charge in [0, 0.05) is 0 Å². The molecule has 1 aromatic carbocycles. The van der Waals surface area contributed by atoms with Crippen molar-refractivity contribution >= 4 is 0 Å². The summed E-state index contributed by atoms with van der Waals surface area (Å²) >= 11 is 0. The van der Waals surface area contributed by atoms with Gasteiger partial charge in [0.2, 0.25) is 0 Å². The zero-order valence-electron chi connectivity index (χ0n) is 11.7. The van der Waals surface area contributed by atoms with E-state index in [1.807, 2.05) is 6.07 Å². The molecule has 0 aliphatic carbocycles. The van der Waals surface area contributed by atoms with E-state index < -0.39 is 0 Å². The maximum Gasteiger partial charge on any atom is 0.122 e. The molecule has 0 bridgehead atoms. The Morgan fingerprint density at radius 1 is 1.06 bits per heavy atom. The third-order valence-electron chi connectivity index (χ3n) is 3.13. The minimum Gasteiger partial charge on any atom is -0.489 e. The van der Waals surface area contributed by atoms with Crippen molar-refractivity contribution < 1.29 is 4.74 Å². The summed E-state index contributed by atoms with van der Waals surface area (Å²) in [6.45, 7) is 6.53. The Labute approximate surface area is 112 Å². The van der Waals surface area contributed by atoms with Crippen LogP contribution in [0, 0.1) is 0 Å². The predicted molar refractivity (Wildman–Crippen MR) is 79.2 cm³/mol. The van der Waals surface area contributed by atoms with Gasteiger partial charge in [-0.15, -0.1) is 0 Å². The largest absolute Gasteiger partial charge is 0.489 e. The van der Waals surface area contributed by atoms with Gasteiger partial charge < -0.3 is 4.74 Å². The lowest BCUT2D eigenvalue weighted by molar-refractivity contribution is 0.358. The van der Waals surface area contributed by atoms with E-state index in [1.165, 1.54) is 44.1 Å². The number of benzene rings is 1. The molecule has 0 saturated heterocycles. The molecule has 0 aliphatic rings. The Morgan fingerprint density at radius 3 is 2.56 bits per heavy atom. The molecule has 0 saturated carbocycles. The fraction of sp³-hybridized carbons (Fsp3) is 0.529. The highest BCUT2D eigenvalue weighted by atomic mass is 16.5. The lowest BCUT2D eigenvalue weighted by Gasteiger charge is -2.09. The van der Waals surface area contributed by atoms with E-state index in [0.717, 1.165) is 12.2 Å². The van der Waals surface area contributed by atoms with Gasteiger partial charge >= 0.3 is 0 Å². The van der Waals surface area contributed by atoms with Crippen LogP contribution in [0.1, 0.15) is 51.0 Å². The first-order chi connectivity index (χ1) is 8.88. The first kappa shape index (κ1) is 14.8. The number of ether oxygens (including phenoxy) is 1. The van der Waals surface area contributed by atoms with Crippen molar-refractivity contribution in [2.45, 2.75) is 51.9 Å². The van der Waals surface area contributed by atoms with Crippen molar-refractivity contribution in [3.63, 3.8) is 0 Å². The van der Waals surface area contributed by atoms with Gasteiger partial charge in [0.05, 0.1) is 0 Å². The third-order valence-corrected chi connectivity index (χ3v) is 3.13. The minimum atomic E-state index is 0.591. The number of rotatable bonds is 10. The summed E-state index contributed by atoms with van der Waals surface area (Å²) in [7, 11) is 0. The maximum absolute atomic E-state index is 5.66. The van der Waals surface area contributed by atoms with Crippen molar-refractivity contribution in [2.75, 3.05) is 6.61 Å². The van der Waals surface area contributed by atoms with Crippen LogP contribution < -0.4 is 4.74 Å². The van der Waals surface area contributed by atoms with Gasteiger partial charge in [-0.3, -0.25) is 0 Å². The number of hydrogen-bond acceptors (Lipinski definition) is 1. The molecule has 1 heteroatoms. The third kappa shape index (κ3) is 5.90. The first-order valence-corrected chi connectivity index (χ1v) is 7.20. The predicted octanol–water partition coefficient (Wildman–Crippen LogP) is 5.15. The zero-order valence-corrected chi connectivity index (χ0v) is 11.7. The van der Waals surface area contributed by atoms with E-state index in [-0.39, 0.29) is 0 Å². The average Bonchev–Trinajstić information content (AvgIpc) is 2.41. The van der Waals surface area contributed by atoms with E-state index in [1.54, 1.807) is 6.08 Å². The molecule has 0 amide bonds. The first-order valence-electron chi connectivity index (χ1n) is 7.20. The number of para-hydroxylation sites is 1. The van der Waals surface area contributed by atoms with Gasteiger partial charge in [-0.1, -0.05) is 69.9 Å². The van der Waals surface area contributed by atoms with E-state index in [4.69, 9.17) is 4.74 Å². The zero-order chi connectivity index (χ0) is 13.1. The van der Waals surface area contributed by atoms with Crippen molar-refractivity contribution in [1.82, 2.24) is 0 Å². The molecule has 0 atom stereocenters. The number of unbranched alkanes of at least 4 members (excludes halogenated alkanes) is 5. The van der Waals surface area contributed by atoms with Gasteiger partial charge in [0.1, 0.15) is 12.4 Å². The topological polar surface area (TPSA) is 9.23 Å². The molecule has 0 heterocycles. The van der Waals surface area contributed by atoms with Crippen molar-refractivity contribution in [2.24, 2.45) is 0 Å². The van der Waals surface area contributed by atoms with Crippen LogP contribution in [0.3, 0.4) is 0 Å². The summed E-state index contributed by atoms with van der Waals surface area (Å²) in [5.41, 5.74) is 1.33. The molecule has 1 aromatic rings. The highest BCUT2D eigenvalue weighted by Crippen LogP contribution is 2.20. The van der Waals surface area contributed by atoms with E-state index in [2.05, 4.69) is 31.7 Å². The molecule has 0 spiro atoms. The molecule has 18 heavy (non-hydrogen) atoms. The SMILES string of the molecule is C=CCOc1ccccc1CCCCCCCC. The maximum atomic E-state index is 5.66. The standard InChI is InChI=1S/C17H26O/c1-3-5-6-7-8-9-12-16-13-10-11-14-17(16)18-15-4-2/h4,10-11,13-14H,2-3,5-9,12,15H2,1H3. The molecule has 0 aromatic heterocycles. The number of hydrogen-bond donors (Lipinski definition) is 0. The molecule has 0 fully saturated rings. The summed E-state index contributed by atoms with van der Waals surface area (Å²) in [5, 5.41) is 0. The monoisotopic (exact) mass is 246 g/mol. The lowest BCUT2D eigenvalue weighted by Crippen LogP contribution is -1.97. The van der Waals surface area contributed by atoms with Crippen LogP contribution in [-0.2, 0) is 6.42 Å². The number of aryl methyl sites for hydroxylation is 1. The summed E-state index contributed by atoms with van der Waals surface area (Å²) in [6, 6.07) is 8.34. The molecular formula is C17H26O.